The van der Waals surface area contributed by atoms with Crippen LogP contribution in [0.25, 0.3) is 5.69 Å². The monoisotopic (exact) mass is 255 g/mol. The van der Waals surface area contributed by atoms with E-state index in [0.717, 1.165) is 25.9 Å². The smallest absolute Gasteiger partial charge is 0.113 e. The van der Waals surface area contributed by atoms with Crippen molar-refractivity contribution >= 4 is 0 Å². The minimum atomic E-state index is 0.903. The molecule has 0 saturated carbocycles. The van der Waals surface area contributed by atoms with E-state index in [1.54, 1.807) is 0 Å². The van der Waals surface area contributed by atoms with Gasteiger partial charge in [-0.1, -0.05) is 19.1 Å². The second-order valence-corrected chi connectivity index (χ2v) is 5.33. The van der Waals surface area contributed by atoms with Crippen LogP contribution in [0.2, 0.25) is 0 Å². The predicted octanol–water partition coefficient (Wildman–Crippen LogP) is 2.70. The number of benzene rings is 1. The largest absolute Gasteiger partial charge is 0.311 e. The third-order valence-electron chi connectivity index (χ3n) is 3.88. The molecule has 100 valence electrons. The molecule has 0 fully saturated rings. The van der Waals surface area contributed by atoms with Gasteiger partial charge >= 0.3 is 0 Å². The highest BCUT2D eigenvalue weighted by Gasteiger charge is 2.20. The predicted molar refractivity (Wildman–Crippen MR) is 77.8 cm³/mol. The van der Waals surface area contributed by atoms with Crippen molar-refractivity contribution in [3.8, 4) is 5.69 Å². The van der Waals surface area contributed by atoms with Gasteiger partial charge in [-0.25, -0.2) is 4.98 Å². The van der Waals surface area contributed by atoms with Gasteiger partial charge in [0, 0.05) is 31.6 Å². The molecule has 0 aliphatic carbocycles. The zero-order valence-corrected chi connectivity index (χ0v) is 12.0. The number of nitrogens with one attached hydrogen (secondary N) is 1. The molecule has 1 aromatic carbocycles. The molecular weight excluding hydrogens is 234 g/mol. The Bertz CT molecular complexity index is 611. The van der Waals surface area contributed by atoms with Crippen LogP contribution in [-0.4, -0.2) is 16.1 Å². The van der Waals surface area contributed by atoms with Crippen LogP contribution < -0.4 is 5.32 Å². The maximum atomic E-state index is 4.82. The Hall–Kier alpha value is -1.61. The zero-order chi connectivity index (χ0) is 13.4. The summed E-state index contributed by atoms with van der Waals surface area (Å²) in [7, 11) is 0. The van der Waals surface area contributed by atoms with Crippen molar-refractivity contribution < 1.29 is 0 Å². The lowest BCUT2D eigenvalue weighted by Gasteiger charge is -2.18. The molecule has 0 spiro atoms. The van der Waals surface area contributed by atoms with Crippen LogP contribution in [0.4, 0.5) is 0 Å². The summed E-state index contributed by atoms with van der Waals surface area (Å²) in [6.45, 7) is 8.47. The van der Waals surface area contributed by atoms with Crippen LogP contribution >= 0.6 is 0 Å². The van der Waals surface area contributed by atoms with Crippen LogP contribution in [-0.2, 0) is 19.4 Å². The van der Waals surface area contributed by atoms with Gasteiger partial charge in [-0.3, -0.25) is 0 Å². The molecule has 1 aromatic heterocycles. The van der Waals surface area contributed by atoms with E-state index in [0.29, 0.717) is 0 Å². The Labute approximate surface area is 114 Å². The Balaban J connectivity index is 2.23. The van der Waals surface area contributed by atoms with Crippen molar-refractivity contribution in [2.75, 3.05) is 6.54 Å². The fraction of sp³-hybridized carbons (Fsp3) is 0.438. The first-order valence-electron chi connectivity index (χ1n) is 7.08. The van der Waals surface area contributed by atoms with Crippen LogP contribution in [0.5, 0.6) is 0 Å². The molecule has 0 atom stereocenters. The quantitative estimate of drug-likeness (QED) is 0.894. The maximum absolute atomic E-state index is 4.82. The summed E-state index contributed by atoms with van der Waals surface area (Å²) >= 11 is 0. The van der Waals surface area contributed by atoms with Gasteiger partial charge in [0.25, 0.3) is 0 Å². The first kappa shape index (κ1) is 12.4. The van der Waals surface area contributed by atoms with Crippen LogP contribution in [0.3, 0.4) is 0 Å². The number of hydrogen-bond donors (Lipinski definition) is 1. The lowest BCUT2D eigenvalue weighted by molar-refractivity contribution is 0.619. The van der Waals surface area contributed by atoms with E-state index >= 15 is 0 Å². The van der Waals surface area contributed by atoms with Gasteiger partial charge in [0.1, 0.15) is 5.82 Å². The Morgan fingerprint density at radius 2 is 2.16 bits per heavy atom. The van der Waals surface area contributed by atoms with E-state index in [4.69, 9.17) is 4.98 Å². The number of aromatic nitrogens is 2. The van der Waals surface area contributed by atoms with Crippen molar-refractivity contribution in [2.24, 2.45) is 0 Å². The number of imidazole rings is 1. The van der Waals surface area contributed by atoms with Gasteiger partial charge < -0.3 is 9.88 Å². The average Bonchev–Trinajstić information content (AvgIpc) is 2.80. The van der Waals surface area contributed by atoms with Gasteiger partial charge in [-0.2, -0.15) is 0 Å². The van der Waals surface area contributed by atoms with Crippen LogP contribution in [0.1, 0.15) is 35.3 Å². The normalized spacial score (nSPS) is 14.5. The molecule has 0 bridgehead atoms. The molecule has 2 aromatic rings. The summed E-state index contributed by atoms with van der Waals surface area (Å²) in [5.41, 5.74) is 6.54. The molecular formula is C16H21N3. The fourth-order valence-corrected chi connectivity index (χ4v) is 2.85. The molecule has 1 aliphatic heterocycles. The molecule has 0 unspecified atom stereocenters. The molecule has 0 radical (unpaired) electrons. The van der Waals surface area contributed by atoms with Crippen LogP contribution in [0, 0.1) is 13.8 Å². The molecule has 3 rings (SSSR count). The van der Waals surface area contributed by atoms with E-state index in [1.807, 2.05) is 0 Å². The first-order chi connectivity index (χ1) is 9.20. The van der Waals surface area contributed by atoms with Crippen molar-refractivity contribution in [3.05, 3.63) is 46.5 Å². The average molecular weight is 255 g/mol. The Morgan fingerprint density at radius 3 is 2.95 bits per heavy atom. The van der Waals surface area contributed by atoms with Gasteiger partial charge in [0.05, 0.1) is 11.4 Å². The van der Waals surface area contributed by atoms with Crippen molar-refractivity contribution in [1.82, 2.24) is 14.9 Å². The second-order valence-electron chi connectivity index (χ2n) is 5.33. The second kappa shape index (κ2) is 4.82. The number of rotatable bonds is 2. The highest BCUT2D eigenvalue weighted by molar-refractivity contribution is 5.46. The van der Waals surface area contributed by atoms with Gasteiger partial charge in [0.15, 0.2) is 0 Å². The van der Waals surface area contributed by atoms with Gasteiger partial charge in [-0.05, 0) is 31.0 Å². The number of hydrogen-bond acceptors (Lipinski definition) is 2. The molecule has 3 nitrogen and oxygen atoms in total. The molecule has 1 N–H and O–H groups in total. The van der Waals surface area contributed by atoms with E-state index < -0.39 is 0 Å². The van der Waals surface area contributed by atoms with Crippen molar-refractivity contribution in [3.63, 3.8) is 0 Å². The molecule has 2 heterocycles. The summed E-state index contributed by atoms with van der Waals surface area (Å²) in [6, 6.07) is 6.66. The Kier molecular flexibility index (Phi) is 3.15. The molecule has 1 aliphatic rings. The number of aryl methyl sites for hydroxylation is 3. The first-order valence-corrected chi connectivity index (χ1v) is 7.08. The lowest BCUT2D eigenvalue weighted by atomic mass is 10.1. The Morgan fingerprint density at radius 1 is 1.32 bits per heavy atom. The summed E-state index contributed by atoms with van der Waals surface area (Å²) in [6.07, 6.45) is 2.04. The third kappa shape index (κ3) is 2.08. The van der Waals surface area contributed by atoms with Gasteiger partial charge in [-0.15, -0.1) is 0 Å². The molecule has 3 heteroatoms. The SMILES string of the molecule is CCc1nc2c(n1-c1cc(C)ccc1C)CCNC2. The zero-order valence-electron chi connectivity index (χ0n) is 12.0. The summed E-state index contributed by atoms with van der Waals surface area (Å²) in [5.74, 6) is 1.18. The fourth-order valence-electron chi connectivity index (χ4n) is 2.85. The maximum Gasteiger partial charge on any atom is 0.113 e. The molecule has 0 amide bonds. The number of fused-ring (bicyclic) bond motifs is 1. The lowest BCUT2D eigenvalue weighted by Crippen LogP contribution is -2.25. The van der Waals surface area contributed by atoms with Crippen molar-refractivity contribution in [1.29, 1.82) is 0 Å². The standard InChI is InChI=1S/C16H21N3/c1-4-16-18-13-10-17-8-7-14(13)19(16)15-9-11(2)5-6-12(15)3/h5-6,9,17H,4,7-8,10H2,1-3H3. The minimum Gasteiger partial charge on any atom is -0.311 e. The van der Waals surface area contributed by atoms with E-state index in [2.05, 4.69) is 48.9 Å². The molecule has 0 saturated heterocycles. The van der Waals surface area contributed by atoms with E-state index in [1.165, 1.54) is 34.0 Å². The minimum absolute atomic E-state index is 0.903. The van der Waals surface area contributed by atoms with E-state index in [-0.39, 0.29) is 0 Å². The number of nitrogens with zero attached hydrogens (tertiary/aromatic N) is 2. The third-order valence-corrected chi connectivity index (χ3v) is 3.88. The highest BCUT2D eigenvalue weighted by Crippen LogP contribution is 2.25. The summed E-state index contributed by atoms with van der Waals surface area (Å²) in [4.78, 5) is 4.82. The summed E-state index contributed by atoms with van der Waals surface area (Å²) < 4.78 is 2.39. The molecule has 19 heavy (non-hydrogen) atoms. The van der Waals surface area contributed by atoms with Gasteiger partial charge in [0.2, 0.25) is 0 Å². The highest BCUT2D eigenvalue weighted by atomic mass is 15.1. The van der Waals surface area contributed by atoms with Crippen LogP contribution in [0.15, 0.2) is 18.2 Å². The van der Waals surface area contributed by atoms with E-state index in [9.17, 15) is 0 Å². The topological polar surface area (TPSA) is 29.9 Å². The summed E-state index contributed by atoms with van der Waals surface area (Å²) in [5, 5.41) is 3.41. The van der Waals surface area contributed by atoms with Crippen molar-refractivity contribution in [2.45, 2.75) is 40.2 Å².